The molecule has 0 saturated carbocycles. The lowest BCUT2D eigenvalue weighted by molar-refractivity contribution is 0.0600. The van der Waals surface area contributed by atoms with Gasteiger partial charge in [0.15, 0.2) is 0 Å². The van der Waals surface area contributed by atoms with Crippen molar-refractivity contribution in [1.82, 2.24) is 0 Å². The van der Waals surface area contributed by atoms with Crippen LogP contribution in [0.5, 0.6) is 0 Å². The number of para-hydroxylation sites is 1. The fraction of sp³-hybridized carbons (Fsp3) is 0.154. The van der Waals surface area contributed by atoms with E-state index in [4.69, 9.17) is 27.6 Å². The molecule has 0 unspecified atom stereocenters. The molecule has 1 N–H and O–H groups in total. The van der Waals surface area contributed by atoms with Crippen LogP contribution in [0.4, 0.5) is 5.69 Å². The van der Waals surface area contributed by atoms with E-state index >= 15 is 0 Å². The zero-order valence-corrected chi connectivity index (χ0v) is 11.6. The van der Waals surface area contributed by atoms with E-state index in [2.05, 4.69) is 10.1 Å². The van der Waals surface area contributed by atoms with Crippen molar-refractivity contribution in [3.05, 3.63) is 51.9 Å². The van der Waals surface area contributed by atoms with Gasteiger partial charge < -0.3 is 14.5 Å². The number of ether oxygens (including phenoxy) is 1. The Bertz CT molecular complexity index is 575. The molecule has 0 atom stereocenters. The zero-order valence-electron chi connectivity index (χ0n) is 10.1. The Kier molecular flexibility index (Phi) is 4.35. The molecule has 1 aromatic heterocycles. The number of carbonyl (C=O) groups is 1. The highest BCUT2D eigenvalue weighted by atomic mass is 35.5. The van der Waals surface area contributed by atoms with Crippen molar-refractivity contribution in [3.63, 3.8) is 0 Å². The van der Waals surface area contributed by atoms with Gasteiger partial charge in [-0.05, 0) is 18.2 Å². The minimum Gasteiger partial charge on any atom is -0.467 e. The van der Waals surface area contributed by atoms with Crippen molar-refractivity contribution < 1.29 is 13.9 Å². The number of anilines is 1. The van der Waals surface area contributed by atoms with Crippen LogP contribution in [0.2, 0.25) is 10.0 Å². The van der Waals surface area contributed by atoms with Crippen molar-refractivity contribution in [2.24, 2.45) is 0 Å². The van der Waals surface area contributed by atoms with E-state index in [0.29, 0.717) is 33.6 Å². The Morgan fingerprint density at radius 1 is 1.37 bits per heavy atom. The lowest BCUT2D eigenvalue weighted by Gasteiger charge is -2.08. The Labute approximate surface area is 120 Å². The summed E-state index contributed by atoms with van der Waals surface area (Å²) in [5.74, 6) is 0.141. The topological polar surface area (TPSA) is 51.5 Å². The van der Waals surface area contributed by atoms with Crippen LogP contribution in [-0.2, 0) is 11.3 Å². The summed E-state index contributed by atoms with van der Waals surface area (Å²) in [5, 5.41) is 4.10. The van der Waals surface area contributed by atoms with Crippen LogP contribution in [0.15, 0.2) is 34.9 Å². The fourth-order valence-corrected chi connectivity index (χ4v) is 2.07. The first-order valence-electron chi connectivity index (χ1n) is 5.45. The molecule has 6 heteroatoms. The highest BCUT2D eigenvalue weighted by Gasteiger charge is 2.11. The quantitative estimate of drug-likeness (QED) is 0.868. The second-order valence-electron chi connectivity index (χ2n) is 3.74. The van der Waals surface area contributed by atoms with Crippen LogP contribution >= 0.6 is 23.2 Å². The van der Waals surface area contributed by atoms with Crippen molar-refractivity contribution in [2.75, 3.05) is 12.4 Å². The molecule has 0 aliphatic heterocycles. The molecule has 4 nitrogen and oxygen atoms in total. The lowest BCUT2D eigenvalue weighted by Crippen LogP contribution is -2.01. The number of esters is 1. The first-order valence-corrected chi connectivity index (χ1v) is 6.21. The van der Waals surface area contributed by atoms with Crippen LogP contribution in [0.1, 0.15) is 16.1 Å². The normalized spacial score (nSPS) is 10.3. The first kappa shape index (κ1) is 13.8. The smallest absolute Gasteiger partial charge is 0.341 e. The molecule has 0 bridgehead atoms. The van der Waals surface area contributed by atoms with E-state index < -0.39 is 5.97 Å². The van der Waals surface area contributed by atoms with Gasteiger partial charge in [-0.3, -0.25) is 0 Å². The summed E-state index contributed by atoms with van der Waals surface area (Å²) in [5.41, 5.74) is 0.992. The van der Waals surface area contributed by atoms with Crippen LogP contribution in [-0.4, -0.2) is 13.1 Å². The van der Waals surface area contributed by atoms with Gasteiger partial charge in [-0.25, -0.2) is 4.79 Å². The highest BCUT2D eigenvalue weighted by molar-refractivity contribution is 6.39. The zero-order chi connectivity index (χ0) is 13.8. The molecular formula is C13H11Cl2NO3. The summed E-state index contributed by atoms with van der Waals surface area (Å²) in [6.07, 6.45) is 1.34. The second kappa shape index (κ2) is 5.99. The third-order valence-corrected chi connectivity index (χ3v) is 3.11. The number of furan rings is 1. The Morgan fingerprint density at radius 2 is 2.05 bits per heavy atom. The van der Waals surface area contributed by atoms with Gasteiger partial charge in [0.25, 0.3) is 0 Å². The third kappa shape index (κ3) is 3.22. The van der Waals surface area contributed by atoms with Crippen molar-refractivity contribution in [3.8, 4) is 0 Å². The van der Waals surface area contributed by atoms with Crippen LogP contribution in [0.3, 0.4) is 0 Å². The predicted molar refractivity (Wildman–Crippen MR) is 73.8 cm³/mol. The molecule has 1 aromatic carbocycles. The number of hydrogen-bond donors (Lipinski definition) is 1. The van der Waals surface area contributed by atoms with Gasteiger partial charge in [0.2, 0.25) is 0 Å². The van der Waals surface area contributed by atoms with E-state index in [9.17, 15) is 4.79 Å². The van der Waals surface area contributed by atoms with Crippen LogP contribution in [0, 0.1) is 0 Å². The number of methoxy groups -OCH3 is 1. The number of carbonyl (C=O) groups excluding carboxylic acids is 1. The second-order valence-corrected chi connectivity index (χ2v) is 4.56. The molecule has 0 fully saturated rings. The van der Waals surface area contributed by atoms with E-state index in [1.54, 1.807) is 24.3 Å². The Hall–Kier alpha value is -1.65. The third-order valence-electron chi connectivity index (χ3n) is 2.48. The van der Waals surface area contributed by atoms with Gasteiger partial charge in [-0.2, -0.15) is 0 Å². The van der Waals surface area contributed by atoms with Gasteiger partial charge in [0.05, 0.1) is 35.0 Å². The monoisotopic (exact) mass is 299 g/mol. The summed E-state index contributed by atoms with van der Waals surface area (Å²) in [6, 6.07) is 6.83. The van der Waals surface area contributed by atoms with Gasteiger partial charge in [0.1, 0.15) is 12.0 Å². The minimum absolute atomic E-state index is 0.362. The molecule has 0 spiro atoms. The summed E-state index contributed by atoms with van der Waals surface area (Å²) >= 11 is 12.0. The maximum atomic E-state index is 11.3. The lowest BCUT2D eigenvalue weighted by atomic mass is 10.3. The molecule has 1 heterocycles. The van der Waals surface area contributed by atoms with Crippen LogP contribution < -0.4 is 5.32 Å². The molecule has 19 heavy (non-hydrogen) atoms. The van der Waals surface area contributed by atoms with Crippen molar-refractivity contribution in [1.29, 1.82) is 0 Å². The van der Waals surface area contributed by atoms with Gasteiger partial charge in [-0.1, -0.05) is 29.3 Å². The highest BCUT2D eigenvalue weighted by Crippen LogP contribution is 2.30. The molecule has 0 saturated heterocycles. The number of benzene rings is 1. The fourth-order valence-electron chi connectivity index (χ4n) is 1.54. The van der Waals surface area contributed by atoms with Gasteiger partial charge >= 0.3 is 5.97 Å². The molecule has 0 radical (unpaired) electrons. The van der Waals surface area contributed by atoms with E-state index in [1.165, 1.54) is 13.4 Å². The molecule has 0 aliphatic rings. The maximum absolute atomic E-state index is 11.3. The Balaban J connectivity index is 2.07. The number of halogens is 2. The number of nitrogens with one attached hydrogen (secondary N) is 1. The van der Waals surface area contributed by atoms with Crippen molar-refractivity contribution in [2.45, 2.75) is 6.54 Å². The van der Waals surface area contributed by atoms with E-state index in [-0.39, 0.29) is 0 Å². The van der Waals surface area contributed by atoms with Gasteiger partial charge in [0, 0.05) is 0 Å². The van der Waals surface area contributed by atoms with Gasteiger partial charge in [-0.15, -0.1) is 0 Å². The van der Waals surface area contributed by atoms with Crippen molar-refractivity contribution >= 4 is 34.9 Å². The maximum Gasteiger partial charge on any atom is 0.341 e. The molecule has 2 rings (SSSR count). The van der Waals surface area contributed by atoms with Crippen LogP contribution in [0.25, 0.3) is 0 Å². The molecule has 2 aromatic rings. The average Bonchev–Trinajstić information content (AvgIpc) is 2.86. The summed E-state index contributed by atoms with van der Waals surface area (Å²) in [7, 11) is 1.32. The van der Waals surface area contributed by atoms with E-state index in [1.807, 2.05) is 0 Å². The summed E-state index contributed by atoms with van der Waals surface area (Å²) in [6.45, 7) is 0.362. The Morgan fingerprint density at radius 3 is 2.68 bits per heavy atom. The number of rotatable bonds is 4. The summed E-state index contributed by atoms with van der Waals surface area (Å²) in [4.78, 5) is 11.3. The summed E-state index contributed by atoms with van der Waals surface area (Å²) < 4.78 is 9.83. The molecule has 0 aliphatic carbocycles. The first-order chi connectivity index (χ1) is 9.11. The number of hydrogen-bond acceptors (Lipinski definition) is 4. The standard InChI is InChI=1S/C13H11Cl2NO3/c1-18-13(17)8-5-9(19-7-8)6-16-12-10(14)3-2-4-11(12)15/h2-5,7,16H,6H2,1H3. The minimum atomic E-state index is -0.439. The molecule has 100 valence electrons. The molecular weight excluding hydrogens is 289 g/mol. The molecule has 0 amide bonds. The van der Waals surface area contributed by atoms with E-state index in [0.717, 1.165) is 0 Å². The largest absolute Gasteiger partial charge is 0.467 e. The predicted octanol–water partition coefficient (Wildman–Crippen LogP) is 3.99. The SMILES string of the molecule is COC(=O)c1coc(CNc2c(Cl)cccc2Cl)c1. The average molecular weight is 300 g/mol.